The number of hydrogen-bond donors (Lipinski definition) is 0. The second-order valence-corrected chi connectivity index (χ2v) is 3.06. The maximum atomic E-state index is 11.3. The Hall–Kier alpha value is -0.900. The number of hydrogen-bond acceptors (Lipinski definition) is 4. The maximum absolute atomic E-state index is 11.3. The summed E-state index contributed by atoms with van der Waals surface area (Å²) in [6.45, 7) is 0.772. The minimum atomic E-state index is -1.01. The quantitative estimate of drug-likeness (QED) is 0.328. The second-order valence-electron chi connectivity index (χ2n) is 3.06. The standard InChI is InChI=1S/C8H13NO3/c1-9-5-3-4-8(9,6-10)7(11)12-2/h6H,3-5H2,1-2H3. The molecule has 1 unspecified atom stereocenters. The molecule has 4 nitrogen and oxygen atoms in total. The summed E-state index contributed by atoms with van der Waals surface area (Å²) in [4.78, 5) is 23.8. The first-order chi connectivity index (χ1) is 5.67. The van der Waals surface area contributed by atoms with Crippen molar-refractivity contribution in [3.8, 4) is 0 Å². The Morgan fingerprint density at radius 3 is 2.67 bits per heavy atom. The number of esters is 1. The Morgan fingerprint density at radius 1 is 1.67 bits per heavy atom. The van der Waals surface area contributed by atoms with E-state index < -0.39 is 11.5 Å². The highest BCUT2D eigenvalue weighted by Crippen LogP contribution is 2.26. The number of ether oxygens (including phenoxy) is 1. The van der Waals surface area contributed by atoms with E-state index in [4.69, 9.17) is 0 Å². The average Bonchev–Trinajstić information content (AvgIpc) is 2.46. The van der Waals surface area contributed by atoms with Gasteiger partial charge in [0, 0.05) is 0 Å². The Balaban J connectivity index is 2.88. The van der Waals surface area contributed by atoms with Crippen LogP contribution in [0.1, 0.15) is 12.8 Å². The molecular formula is C8H13NO3. The number of carbonyl (C=O) groups is 2. The van der Waals surface area contributed by atoms with Gasteiger partial charge in [-0.3, -0.25) is 4.90 Å². The van der Waals surface area contributed by atoms with Crippen molar-refractivity contribution in [1.82, 2.24) is 4.90 Å². The van der Waals surface area contributed by atoms with E-state index in [1.165, 1.54) is 7.11 Å². The number of aldehydes is 1. The van der Waals surface area contributed by atoms with Crippen LogP contribution in [0.15, 0.2) is 0 Å². The molecule has 0 spiro atoms. The molecule has 1 aliphatic heterocycles. The number of carbonyl (C=O) groups excluding carboxylic acids is 2. The first-order valence-electron chi connectivity index (χ1n) is 3.93. The van der Waals surface area contributed by atoms with Gasteiger partial charge in [-0.25, -0.2) is 4.79 Å². The van der Waals surface area contributed by atoms with Gasteiger partial charge < -0.3 is 9.53 Å². The number of nitrogens with zero attached hydrogens (tertiary/aromatic N) is 1. The van der Waals surface area contributed by atoms with Crippen LogP contribution in [0.4, 0.5) is 0 Å². The zero-order valence-electron chi connectivity index (χ0n) is 7.37. The van der Waals surface area contributed by atoms with E-state index in [1.54, 1.807) is 11.9 Å². The second kappa shape index (κ2) is 3.23. The normalized spacial score (nSPS) is 30.2. The van der Waals surface area contributed by atoms with Crippen LogP contribution in [0.3, 0.4) is 0 Å². The first kappa shape index (κ1) is 9.19. The van der Waals surface area contributed by atoms with Crippen molar-refractivity contribution in [3.05, 3.63) is 0 Å². The highest BCUT2D eigenvalue weighted by atomic mass is 16.5. The lowest BCUT2D eigenvalue weighted by Gasteiger charge is -2.26. The molecule has 0 aromatic carbocycles. The molecule has 0 N–H and O–H groups in total. The molecule has 0 radical (unpaired) electrons. The minimum Gasteiger partial charge on any atom is -0.467 e. The predicted octanol–water partition coefficient (Wildman–Crippen LogP) is -0.177. The van der Waals surface area contributed by atoms with Gasteiger partial charge in [0.2, 0.25) is 0 Å². The Bertz CT molecular complexity index is 204. The molecule has 0 amide bonds. The average molecular weight is 171 g/mol. The van der Waals surface area contributed by atoms with Crippen LogP contribution in [0.5, 0.6) is 0 Å². The van der Waals surface area contributed by atoms with Crippen LogP contribution in [-0.2, 0) is 14.3 Å². The van der Waals surface area contributed by atoms with Crippen LogP contribution in [-0.4, -0.2) is 43.4 Å². The summed E-state index contributed by atoms with van der Waals surface area (Å²) in [6.07, 6.45) is 2.12. The van der Waals surface area contributed by atoms with Gasteiger partial charge in [0.15, 0.2) is 11.8 Å². The highest BCUT2D eigenvalue weighted by Gasteiger charge is 2.46. The molecule has 12 heavy (non-hydrogen) atoms. The summed E-state index contributed by atoms with van der Waals surface area (Å²) < 4.78 is 4.59. The Kier molecular flexibility index (Phi) is 2.47. The molecule has 1 saturated heterocycles. The van der Waals surface area contributed by atoms with Gasteiger partial charge in [0.05, 0.1) is 7.11 Å². The summed E-state index contributed by atoms with van der Waals surface area (Å²) in [6, 6.07) is 0. The third-order valence-electron chi connectivity index (χ3n) is 2.47. The Labute approximate surface area is 71.5 Å². The van der Waals surface area contributed by atoms with E-state index in [0.717, 1.165) is 13.0 Å². The molecule has 1 fully saturated rings. The monoisotopic (exact) mass is 171 g/mol. The van der Waals surface area contributed by atoms with E-state index in [-0.39, 0.29) is 0 Å². The summed E-state index contributed by atoms with van der Waals surface area (Å²) in [5.74, 6) is -0.447. The summed E-state index contributed by atoms with van der Waals surface area (Å²) >= 11 is 0. The first-order valence-corrected chi connectivity index (χ1v) is 3.93. The molecule has 4 heteroatoms. The summed E-state index contributed by atoms with van der Waals surface area (Å²) in [5.41, 5.74) is -1.01. The molecule has 0 aliphatic carbocycles. The number of methoxy groups -OCH3 is 1. The fraction of sp³-hybridized carbons (Fsp3) is 0.750. The van der Waals surface area contributed by atoms with Crippen molar-refractivity contribution >= 4 is 12.3 Å². The summed E-state index contributed by atoms with van der Waals surface area (Å²) in [7, 11) is 3.07. The highest BCUT2D eigenvalue weighted by molar-refractivity contribution is 5.98. The van der Waals surface area contributed by atoms with E-state index in [0.29, 0.717) is 12.7 Å². The molecule has 1 atom stereocenters. The van der Waals surface area contributed by atoms with E-state index in [1.807, 2.05) is 0 Å². The van der Waals surface area contributed by atoms with E-state index in [9.17, 15) is 9.59 Å². The molecule has 1 heterocycles. The van der Waals surface area contributed by atoms with Crippen molar-refractivity contribution in [2.24, 2.45) is 0 Å². The van der Waals surface area contributed by atoms with Gasteiger partial charge in [-0.15, -0.1) is 0 Å². The number of rotatable bonds is 2. The van der Waals surface area contributed by atoms with Crippen molar-refractivity contribution in [1.29, 1.82) is 0 Å². The van der Waals surface area contributed by atoms with Crippen LogP contribution in [0.2, 0.25) is 0 Å². The van der Waals surface area contributed by atoms with E-state index >= 15 is 0 Å². The van der Waals surface area contributed by atoms with Gasteiger partial charge in [-0.1, -0.05) is 0 Å². The zero-order valence-corrected chi connectivity index (χ0v) is 7.37. The van der Waals surface area contributed by atoms with Crippen LogP contribution in [0, 0.1) is 0 Å². The van der Waals surface area contributed by atoms with Crippen LogP contribution >= 0.6 is 0 Å². The molecular weight excluding hydrogens is 158 g/mol. The molecule has 1 aliphatic rings. The SMILES string of the molecule is COC(=O)C1(C=O)CCCN1C. The lowest BCUT2D eigenvalue weighted by molar-refractivity contribution is -0.154. The van der Waals surface area contributed by atoms with Crippen LogP contribution in [0.25, 0.3) is 0 Å². The van der Waals surface area contributed by atoms with Gasteiger partial charge in [-0.2, -0.15) is 0 Å². The molecule has 0 bridgehead atoms. The fourth-order valence-electron chi connectivity index (χ4n) is 1.61. The lowest BCUT2D eigenvalue weighted by atomic mass is 9.99. The molecule has 68 valence electrons. The fourth-order valence-corrected chi connectivity index (χ4v) is 1.61. The zero-order chi connectivity index (χ0) is 9.19. The molecule has 0 aromatic heterocycles. The topological polar surface area (TPSA) is 46.6 Å². The van der Waals surface area contributed by atoms with Crippen molar-refractivity contribution < 1.29 is 14.3 Å². The third-order valence-corrected chi connectivity index (χ3v) is 2.47. The van der Waals surface area contributed by atoms with Gasteiger partial charge in [0.1, 0.15) is 0 Å². The summed E-state index contributed by atoms with van der Waals surface area (Å²) in [5, 5.41) is 0. The maximum Gasteiger partial charge on any atom is 0.333 e. The number of likely N-dealkylation sites (tertiary alicyclic amines) is 1. The van der Waals surface area contributed by atoms with E-state index in [2.05, 4.69) is 4.74 Å². The molecule has 1 rings (SSSR count). The van der Waals surface area contributed by atoms with Crippen molar-refractivity contribution in [2.45, 2.75) is 18.4 Å². The lowest BCUT2D eigenvalue weighted by Crippen LogP contribution is -2.50. The Morgan fingerprint density at radius 2 is 2.33 bits per heavy atom. The molecule has 0 aromatic rings. The van der Waals surface area contributed by atoms with Crippen LogP contribution < -0.4 is 0 Å². The van der Waals surface area contributed by atoms with Gasteiger partial charge in [0.25, 0.3) is 0 Å². The predicted molar refractivity (Wildman–Crippen MR) is 42.7 cm³/mol. The van der Waals surface area contributed by atoms with Gasteiger partial charge >= 0.3 is 5.97 Å². The third kappa shape index (κ3) is 1.12. The molecule has 0 saturated carbocycles. The smallest absolute Gasteiger partial charge is 0.333 e. The van der Waals surface area contributed by atoms with Gasteiger partial charge in [-0.05, 0) is 26.4 Å². The van der Waals surface area contributed by atoms with Crippen molar-refractivity contribution in [2.75, 3.05) is 20.7 Å². The van der Waals surface area contributed by atoms with Crippen molar-refractivity contribution in [3.63, 3.8) is 0 Å². The number of likely N-dealkylation sites (N-methyl/N-ethyl adjacent to an activating group) is 1. The minimum absolute atomic E-state index is 0.447. The largest absolute Gasteiger partial charge is 0.467 e.